The lowest BCUT2D eigenvalue weighted by molar-refractivity contribution is 0.316. The third kappa shape index (κ3) is 3.14. The Labute approximate surface area is 126 Å². The number of nitrogens with zero attached hydrogens (tertiary/aromatic N) is 2. The van der Waals surface area contributed by atoms with Gasteiger partial charge in [-0.25, -0.2) is 0 Å². The normalized spacial score (nSPS) is 22.6. The van der Waals surface area contributed by atoms with Gasteiger partial charge in [-0.05, 0) is 42.1 Å². The van der Waals surface area contributed by atoms with E-state index in [4.69, 9.17) is 5.73 Å². The van der Waals surface area contributed by atoms with Crippen LogP contribution >= 0.6 is 0 Å². The Morgan fingerprint density at radius 2 is 2.00 bits per heavy atom. The summed E-state index contributed by atoms with van der Waals surface area (Å²) in [6, 6.07) is 12.9. The number of aromatic nitrogens is 1. The van der Waals surface area contributed by atoms with E-state index in [2.05, 4.69) is 53.2 Å². The SMILES string of the molecule is Cc1ccncc1CN1C[C@@H](CN)[C@H](c2ccccc2)C1. The minimum absolute atomic E-state index is 0.546. The number of nitrogens with two attached hydrogens (primary N) is 1. The van der Waals surface area contributed by atoms with Crippen LogP contribution in [-0.4, -0.2) is 29.5 Å². The van der Waals surface area contributed by atoms with Crippen LogP contribution in [0, 0.1) is 12.8 Å². The van der Waals surface area contributed by atoms with Crippen LogP contribution in [0.4, 0.5) is 0 Å². The van der Waals surface area contributed by atoms with Crippen molar-refractivity contribution in [3.8, 4) is 0 Å². The molecule has 0 bridgehead atoms. The molecule has 1 aromatic carbocycles. The molecule has 1 aliphatic heterocycles. The smallest absolute Gasteiger partial charge is 0.0315 e. The van der Waals surface area contributed by atoms with Crippen molar-refractivity contribution in [3.63, 3.8) is 0 Å². The second-order valence-electron chi connectivity index (χ2n) is 6.01. The highest BCUT2D eigenvalue weighted by Gasteiger charge is 2.32. The van der Waals surface area contributed by atoms with Gasteiger partial charge in [0.15, 0.2) is 0 Å². The summed E-state index contributed by atoms with van der Waals surface area (Å²) in [7, 11) is 0. The highest BCUT2D eigenvalue weighted by atomic mass is 15.2. The number of rotatable bonds is 4. The predicted octanol–water partition coefficient (Wildman–Crippen LogP) is 2.56. The van der Waals surface area contributed by atoms with E-state index in [1.165, 1.54) is 16.7 Å². The molecular weight excluding hydrogens is 258 g/mol. The largest absolute Gasteiger partial charge is 0.330 e. The van der Waals surface area contributed by atoms with E-state index in [-0.39, 0.29) is 0 Å². The average Bonchev–Trinajstić information content (AvgIpc) is 2.93. The Kier molecular flexibility index (Phi) is 4.32. The molecule has 3 heteroatoms. The predicted molar refractivity (Wildman–Crippen MR) is 86.0 cm³/mol. The summed E-state index contributed by atoms with van der Waals surface area (Å²) in [5.41, 5.74) is 10.1. The highest BCUT2D eigenvalue weighted by molar-refractivity contribution is 5.24. The number of aryl methyl sites for hydroxylation is 1. The molecule has 0 unspecified atom stereocenters. The van der Waals surface area contributed by atoms with Crippen LogP contribution in [0.2, 0.25) is 0 Å². The van der Waals surface area contributed by atoms with Crippen LogP contribution in [0.3, 0.4) is 0 Å². The molecule has 0 saturated carbocycles. The molecule has 2 aromatic rings. The number of benzene rings is 1. The molecule has 3 rings (SSSR count). The van der Waals surface area contributed by atoms with E-state index in [1.54, 1.807) is 0 Å². The third-order valence-corrected chi connectivity index (χ3v) is 4.59. The van der Waals surface area contributed by atoms with Gasteiger partial charge in [-0.1, -0.05) is 30.3 Å². The Morgan fingerprint density at radius 1 is 1.19 bits per heavy atom. The van der Waals surface area contributed by atoms with Gasteiger partial charge in [0.2, 0.25) is 0 Å². The van der Waals surface area contributed by atoms with Crippen LogP contribution in [-0.2, 0) is 6.54 Å². The lowest BCUT2D eigenvalue weighted by atomic mass is 9.89. The monoisotopic (exact) mass is 281 g/mol. The van der Waals surface area contributed by atoms with Crippen LogP contribution in [0.15, 0.2) is 48.8 Å². The summed E-state index contributed by atoms with van der Waals surface area (Å²) >= 11 is 0. The molecule has 1 saturated heterocycles. The minimum Gasteiger partial charge on any atom is -0.330 e. The standard InChI is InChI=1S/C18H23N3/c1-14-7-8-20-10-17(14)12-21-11-16(9-19)18(13-21)15-5-3-2-4-6-15/h2-8,10,16,18H,9,11-13,19H2,1H3/t16-,18+/m1/s1. The number of hydrogen-bond acceptors (Lipinski definition) is 3. The first-order valence-electron chi connectivity index (χ1n) is 7.65. The van der Waals surface area contributed by atoms with Crippen molar-refractivity contribution in [1.29, 1.82) is 0 Å². The number of likely N-dealkylation sites (tertiary alicyclic amines) is 1. The number of hydrogen-bond donors (Lipinski definition) is 1. The summed E-state index contributed by atoms with van der Waals surface area (Å²) < 4.78 is 0. The molecule has 0 spiro atoms. The van der Waals surface area contributed by atoms with E-state index in [0.29, 0.717) is 11.8 Å². The van der Waals surface area contributed by atoms with Gasteiger partial charge < -0.3 is 5.73 Å². The fourth-order valence-electron chi connectivity index (χ4n) is 3.31. The minimum atomic E-state index is 0.546. The summed E-state index contributed by atoms with van der Waals surface area (Å²) in [6.45, 7) is 6.04. The van der Waals surface area contributed by atoms with Crippen molar-refractivity contribution in [2.75, 3.05) is 19.6 Å². The van der Waals surface area contributed by atoms with Crippen molar-refractivity contribution in [3.05, 3.63) is 65.5 Å². The van der Waals surface area contributed by atoms with Gasteiger partial charge in [0, 0.05) is 37.9 Å². The van der Waals surface area contributed by atoms with E-state index >= 15 is 0 Å². The maximum absolute atomic E-state index is 6.01. The summed E-state index contributed by atoms with van der Waals surface area (Å²) in [6.07, 6.45) is 3.85. The topological polar surface area (TPSA) is 42.2 Å². The maximum atomic E-state index is 6.01. The summed E-state index contributed by atoms with van der Waals surface area (Å²) in [5.74, 6) is 1.09. The van der Waals surface area contributed by atoms with E-state index in [9.17, 15) is 0 Å². The van der Waals surface area contributed by atoms with Gasteiger partial charge >= 0.3 is 0 Å². The first kappa shape index (κ1) is 14.2. The Balaban J connectivity index is 1.74. The van der Waals surface area contributed by atoms with E-state index in [0.717, 1.165) is 26.2 Å². The molecule has 1 aromatic heterocycles. The molecule has 3 nitrogen and oxygen atoms in total. The van der Waals surface area contributed by atoms with Gasteiger partial charge in [-0.15, -0.1) is 0 Å². The van der Waals surface area contributed by atoms with Crippen LogP contribution in [0.1, 0.15) is 22.6 Å². The molecule has 0 amide bonds. The second kappa shape index (κ2) is 6.37. The van der Waals surface area contributed by atoms with Crippen molar-refractivity contribution in [2.45, 2.75) is 19.4 Å². The molecule has 1 aliphatic rings. The maximum Gasteiger partial charge on any atom is 0.0315 e. The molecule has 1 fully saturated rings. The molecule has 2 atom stereocenters. The third-order valence-electron chi connectivity index (χ3n) is 4.59. The second-order valence-corrected chi connectivity index (χ2v) is 6.01. The Morgan fingerprint density at radius 3 is 2.71 bits per heavy atom. The van der Waals surface area contributed by atoms with E-state index in [1.807, 2.05) is 12.4 Å². The molecule has 110 valence electrons. The highest BCUT2D eigenvalue weighted by Crippen LogP contribution is 2.32. The lowest BCUT2D eigenvalue weighted by Gasteiger charge is -2.17. The fraction of sp³-hybridized carbons (Fsp3) is 0.389. The Hall–Kier alpha value is -1.71. The van der Waals surface area contributed by atoms with Gasteiger partial charge in [0.1, 0.15) is 0 Å². The number of pyridine rings is 1. The first-order valence-corrected chi connectivity index (χ1v) is 7.65. The average molecular weight is 281 g/mol. The Bertz CT molecular complexity index is 582. The molecule has 2 heterocycles. The van der Waals surface area contributed by atoms with Gasteiger partial charge in [-0.3, -0.25) is 9.88 Å². The van der Waals surface area contributed by atoms with Crippen LogP contribution < -0.4 is 5.73 Å². The zero-order chi connectivity index (χ0) is 14.7. The quantitative estimate of drug-likeness (QED) is 0.936. The van der Waals surface area contributed by atoms with Crippen molar-refractivity contribution in [2.24, 2.45) is 11.7 Å². The molecule has 2 N–H and O–H groups in total. The first-order chi connectivity index (χ1) is 10.3. The fourth-order valence-corrected chi connectivity index (χ4v) is 3.31. The molecule has 0 aliphatic carbocycles. The van der Waals surface area contributed by atoms with E-state index < -0.39 is 0 Å². The van der Waals surface area contributed by atoms with Crippen LogP contribution in [0.5, 0.6) is 0 Å². The molecule has 0 radical (unpaired) electrons. The van der Waals surface area contributed by atoms with Crippen molar-refractivity contribution in [1.82, 2.24) is 9.88 Å². The van der Waals surface area contributed by atoms with Crippen molar-refractivity contribution >= 4 is 0 Å². The van der Waals surface area contributed by atoms with Gasteiger partial charge in [0.25, 0.3) is 0 Å². The summed E-state index contributed by atoms with van der Waals surface area (Å²) in [4.78, 5) is 6.77. The molecular formula is C18H23N3. The van der Waals surface area contributed by atoms with Crippen LogP contribution in [0.25, 0.3) is 0 Å². The lowest BCUT2D eigenvalue weighted by Crippen LogP contribution is -2.23. The zero-order valence-electron chi connectivity index (χ0n) is 12.6. The van der Waals surface area contributed by atoms with Crippen molar-refractivity contribution < 1.29 is 0 Å². The molecule has 21 heavy (non-hydrogen) atoms. The van der Waals surface area contributed by atoms with Gasteiger partial charge in [0.05, 0.1) is 0 Å². The van der Waals surface area contributed by atoms with Gasteiger partial charge in [-0.2, -0.15) is 0 Å². The zero-order valence-corrected chi connectivity index (χ0v) is 12.6. The summed E-state index contributed by atoms with van der Waals surface area (Å²) in [5, 5.41) is 0.